The maximum atomic E-state index is 9.71. The van der Waals surface area contributed by atoms with E-state index in [1.165, 1.54) is 12.7 Å². The highest BCUT2D eigenvalue weighted by Crippen LogP contribution is 2.34. The molecule has 94 valence electrons. The second kappa shape index (κ2) is 5.45. The topological polar surface area (TPSA) is 38.7 Å². The number of benzene rings is 2. The Morgan fingerprint density at radius 1 is 0.944 bits per heavy atom. The summed E-state index contributed by atoms with van der Waals surface area (Å²) in [6.45, 7) is 0. The number of rotatable bonds is 4. The molecule has 0 radical (unpaired) electrons. The second-order valence-corrected chi connectivity index (χ2v) is 4.00. The SMILES string of the molecule is COc1cc(Cc2ccccc2)c(OC)cc1O. The van der Waals surface area contributed by atoms with E-state index >= 15 is 0 Å². The van der Waals surface area contributed by atoms with Crippen molar-refractivity contribution < 1.29 is 14.6 Å². The Hall–Kier alpha value is -2.16. The van der Waals surface area contributed by atoms with Crippen molar-refractivity contribution in [3.8, 4) is 17.2 Å². The highest BCUT2D eigenvalue weighted by molar-refractivity contribution is 5.51. The predicted molar refractivity (Wildman–Crippen MR) is 70.5 cm³/mol. The molecule has 0 saturated heterocycles. The van der Waals surface area contributed by atoms with E-state index in [0.29, 0.717) is 11.5 Å². The molecule has 0 aliphatic carbocycles. The lowest BCUT2D eigenvalue weighted by Gasteiger charge is -2.12. The standard InChI is InChI=1S/C15H16O3/c1-17-14-10-13(16)15(18-2)9-12(14)8-11-6-4-3-5-7-11/h3-7,9-10,16H,8H2,1-2H3. The number of phenolic OH excluding ortho intramolecular Hbond substituents is 1. The molecule has 0 aliphatic rings. The summed E-state index contributed by atoms with van der Waals surface area (Å²) in [6.07, 6.45) is 0.737. The molecule has 2 aromatic carbocycles. The van der Waals surface area contributed by atoms with Crippen molar-refractivity contribution in [3.63, 3.8) is 0 Å². The minimum absolute atomic E-state index is 0.0890. The summed E-state index contributed by atoms with van der Waals surface area (Å²) >= 11 is 0. The monoisotopic (exact) mass is 244 g/mol. The number of hydrogen-bond acceptors (Lipinski definition) is 3. The van der Waals surface area contributed by atoms with Crippen LogP contribution in [0.1, 0.15) is 11.1 Å². The van der Waals surface area contributed by atoms with Crippen LogP contribution in [0.15, 0.2) is 42.5 Å². The number of methoxy groups -OCH3 is 2. The van der Waals surface area contributed by atoms with Gasteiger partial charge in [0.1, 0.15) is 5.75 Å². The van der Waals surface area contributed by atoms with Crippen LogP contribution < -0.4 is 9.47 Å². The number of hydrogen-bond donors (Lipinski definition) is 1. The quantitative estimate of drug-likeness (QED) is 0.898. The van der Waals surface area contributed by atoms with Crippen molar-refractivity contribution in [2.45, 2.75) is 6.42 Å². The van der Waals surface area contributed by atoms with Crippen LogP contribution in [0.5, 0.6) is 17.2 Å². The number of phenols is 1. The normalized spacial score (nSPS) is 10.1. The summed E-state index contributed by atoms with van der Waals surface area (Å²) < 4.78 is 10.4. The van der Waals surface area contributed by atoms with Gasteiger partial charge in [-0.1, -0.05) is 30.3 Å². The van der Waals surface area contributed by atoms with Gasteiger partial charge in [-0.2, -0.15) is 0 Å². The number of aromatic hydroxyl groups is 1. The van der Waals surface area contributed by atoms with E-state index in [1.807, 2.05) is 18.2 Å². The van der Waals surface area contributed by atoms with Crippen LogP contribution in [0.25, 0.3) is 0 Å². The molecule has 0 fully saturated rings. The van der Waals surface area contributed by atoms with Crippen LogP contribution in [0, 0.1) is 0 Å². The second-order valence-electron chi connectivity index (χ2n) is 4.00. The van der Waals surface area contributed by atoms with Crippen molar-refractivity contribution in [2.75, 3.05) is 14.2 Å². The van der Waals surface area contributed by atoms with Gasteiger partial charge in [0.15, 0.2) is 11.5 Å². The fourth-order valence-electron chi connectivity index (χ4n) is 1.90. The van der Waals surface area contributed by atoms with E-state index in [0.717, 1.165) is 12.0 Å². The largest absolute Gasteiger partial charge is 0.504 e. The van der Waals surface area contributed by atoms with Crippen LogP contribution in [0.4, 0.5) is 0 Å². The first kappa shape index (κ1) is 12.3. The summed E-state index contributed by atoms with van der Waals surface area (Å²) in [5, 5.41) is 9.71. The van der Waals surface area contributed by atoms with Crippen LogP contribution in [0.3, 0.4) is 0 Å². The van der Waals surface area contributed by atoms with Gasteiger partial charge in [-0.15, -0.1) is 0 Å². The molecular weight excluding hydrogens is 228 g/mol. The molecule has 0 spiro atoms. The Labute approximate surface area is 107 Å². The van der Waals surface area contributed by atoms with Gasteiger partial charge in [-0.25, -0.2) is 0 Å². The van der Waals surface area contributed by atoms with E-state index in [-0.39, 0.29) is 5.75 Å². The third-order valence-electron chi connectivity index (χ3n) is 2.82. The first-order valence-electron chi connectivity index (χ1n) is 5.72. The molecule has 0 amide bonds. The summed E-state index contributed by atoms with van der Waals surface area (Å²) in [4.78, 5) is 0. The van der Waals surface area contributed by atoms with E-state index < -0.39 is 0 Å². The lowest BCUT2D eigenvalue weighted by Crippen LogP contribution is -1.95. The first-order valence-corrected chi connectivity index (χ1v) is 5.72. The molecule has 2 rings (SSSR count). The average molecular weight is 244 g/mol. The van der Waals surface area contributed by atoms with Crippen molar-refractivity contribution in [2.24, 2.45) is 0 Å². The van der Waals surface area contributed by atoms with Crippen LogP contribution in [-0.4, -0.2) is 19.3 Å². The van der Waals surface area contributed by atoms with E-state index in [9.17, 15) is 5.11 Å². The third kappa shape index (κ3) is 2.56. The lowest BCUT2D eigenvalue weighted by molar-refractivity contribution is 0.364. The smallest absolute Gasteiger partial charge is 0.161 e. The van der Waals surface area contributed by atoms with Crippen LogP contribution >= 0.6 is 0 Å². The Balaban J connectivity index is 2.37. The lowest BCUT2D eigenvalue weighted by atomic mass is 10.0. The summed E-state index contributed by atoms with van der Waals surface area (Å²) in [5.41, 5.74) is 2.17. The van der Waals surface area contributed by atoms with Gasteiger partial charge in [0, 0.05) is 18.1 Å². The molecule has 0 atom stereocenters. The average Bonchev–Trinajstić information content (AvgIpc) is 2.41. The van der Waals surface area contributed by atoms with Crippen molar-refractivity contribution >= 4 is 0 Å². The third-order valence-corrected chi connectivity index (χ3v) is 2.82. The molecule has 2 aromatic rings. The van der Waals surface area contributed by atoms with Gasteiger partial charge in [0.2, 0.25) is 0 Å². The van der Waals surface area contributed by atoms with Gasteiger partial charge >= 0.3 is 0 Å². The zero-order chi connectivity index (χ0) is 13.0. The fourth-order valence-corrected chi connectivity index (χ4v) is 1.90. The molecule has 0 unspecified atom stereocenters. The van der Waals surface area contributed by atoms with Crippen LogP contribution in [-0.2, 0) is 6.42 Å². The summed E-state index contributed by atoms with van der Waals surface area (Å²) in [7, 11) is 3.13. The molecule has 3 nitrogen and oxygen atoms in total. The van der Waals surface area contributed by atoms with Gasteiger partial charge in [0.05, 0.1) is 14.2 Å². The maximum absolute atomic E-state index is 9.71. The minimum atomic E-state index is 0.0890. The maximum Gasteiger partial charge on any atom is 0.161 e. The summed E-state index contributed by atoms with van der Waals surface area (Å²) in [6, 6.07) is 13.5. The highest BCUT2D eigenvalue weighted by Gasteiger charge is 2.10. The molecule has 0 aliphatic heterocycles. The predicted octanol–water partition coefficient (Wildman–Crippen LogP) is 3.00. The summed E-state index contributed by atoms with van der Waals surface area (Å²) in [5.74, 6) is 1.21. The molecular formula is C15H16O3. The van der Waals surface area contributed by atoms with E-state index in [2.05, 4.69) is 12.1 Å². The van der Waals surface area contributed by atoms with Gasteiger partial charge in [0.25, 0.3) is 0 Å². The Bertz CT molecular complexity index is 521. The highest BCUT2D eigenvalue weighted by atomic mass is 16.5. The zero-order valence-electron chi connectivity index (χ0n) is 10.5. The van der Waals surface area contributed by atoms with Gasteiger partial charge in [-0.3, -0.25) is 0 Å². The van der Waals surface area contributed by atoms with Crippen molar-refractivity contribution in [3.05, 3.63) is 53.6 Å². The van der Waals surface area contributed by atoms with Crippen molar-refractivity contribution in [1.29, 1.82) is 0 Å². The van der Waals surface area contributed by atoms with Gasteiger partial charge < -0.3 is 14.6 Å². The Kier molecular flexibility index (Phi) is 3.72. The zero-order valence-corrected chi connectivity index (χ0v) is 10.5. The molecule has 0 heterocycles. The Morgan fingerprint density at radius 2 is 1.61 bits per heavy atom. The van der Waals surface area contributed by atoms with E-state index in [4.69, 9.17) is 9.47 Å². The number of ether oxygens (including phenoxy) is 2. The Morgan fingerprint density at radius 3 is 2.22 bits per heavy atom. The van der Waals surface area contributed by atoms with E-state index in [1.54, 1.807) is 19.2 Å². The fraction of sp³-hybridized carbons (Fsp3) is 0.200. The first-order chi connectivity index (χ1) is 8.74. The molecule has 0 aromatic heterocycles. The molecule has 0 saturated carbocycles. The molecule has 0 bridgehead atoms. The minimum Gasteiger partial charge on any atom is -0.504 e. The molecule has 3 heteroatoms. The molecule has 1 N–H and O–H groups in total. The van der Waals surface area contributed by atoms with Crippen LogP contribution in [0.2, 0.25) is 0 Å². The molecule has 18 heavy (non-hydrogen) atoms. The van der Waals surface area contributed by atoms with Gasteiger partial charge in [-0.05, 0) is 11.6 Å². The van der Waals surface area contributed by atoms with Crippen molar-refractivity contribution in [1.82, 2.24) is 0 Å².